The molecular weight excluding hydrogens is 489 g/mol. The van der Waals surface area contributed by atoms with Crippen molar-refractivity contribution in [3.63, 3.8) is 0 Å². The molecule has 1 saturated heterocycles. The van der Waals surface area contributed by atoms with E-state index in [4.69, 9.17) is 16.3 Å². The summed E-state index contributed by atoms with van der Waals surface area (Å²) >= 11 is 6.05. The number of anilines is 2. The molecule has 0 radical (unpaired) electrons. The molecule has 0 spiro atoms. The fourth-order valence-corrected chi connectivity index (χ4v) is 3.64. The van der Waals surface area contributed by atoms with Gasteiger partial charge in [-0.15, -0.1) is 0 Å². The number of benzene rings is 3. The fraction of sp³-hybridized carbons (Fsp3) is 0.0769. The van der Waals surface area contributed by atoms with E-state index < -0.39 is 36.2 Å². The standard InChI is InChI=1S/C26H19ClFN3O5/c1-15-10-11-17(27)13-21(15)31-25(34)18(24(33)30-26(31)35)12-16-6-2-5-9-22(16)36-14-23(32)29-20-8-4-3-7-19(20)28/h2-13H,14H2,1H3,(H,29,32)(H,30,33,35)/b18-12+. The van der Waals surface area contributed by atoms with Crippen molar-refractivity contribution in [2.24, 2.45) is 0 Å². The Morgan fingerprint density at radius 2 is 1.81 bits per heavy atom. The number of para-hydroxylation sites is 2. The Balaban J connectivity index is 1.58. The normalized spacial score (nSPS) is 14.6. The number of amides is 5. The summed E-state index contributed by atoms with van der Waals surface area (Å²) in [4.78, 5) is 51.3. The van der Waals surface area contributed by atoms with Gasteiger partial charge in [0.15, 0.2) is 6.61 Å². The highest BCUT2D eigenvalue weighted by Crippen LogP contribution is 2.29. The largest absolute Gasteiger partial charge is 0.483 e. The number of barbiturate groups is 1. The van der Waals surface area contributed by atoms with Crippen LogP contribution in [-0.4, -0.2) is 30.4 Å². The zero-order chi connectivity index (χ0) is 25.8. The van der Waals surface area contributed by atoms with Crippen LogP contribution in [0.4, 0.5) is 20.6 Å². The zero-order valence-corrected chi connectivity index (χ0v) is 19.6. The van der Waals surface area contributed by atoms with E-state index in [0.717, 1.165) is 4.90 Å². The third-order valence-corrected chi connectivity index (χ3v) is 5.47. The smallest absolute Gasteiger partial charge is 0.335 e. The maximum Gasteiger partial charge on any atom is 0.335 e. The molecule has 0 atom stereocenters. The molecule has 3 aromatic carbocycles. The summed E-state index contributed by atoms with van der Waals surface area (Å²) in [6.07, 6.45) is 1.26. The average molecular weight is 508 g/mol. The summed E-state index contributed by atoms with van der Waals surface area (Å²) in [5, 5.41) is 4.87. The lowest BCUT2D eigenvalue weighted by atomic mass is 10.1. The molecule has 0 bridgehead atoms. The summed E-state index contributed by atoms with van der Waals surface area (Å²) in [6, 6.07) is 15.9. The molecule has 1 fully saturated rings. The molecule has 2 N–H and O–H groups in total. The number of aryl methyl sites for hydroxylation is 1. The number of hydrogen-bond acceptors (Lipinski definition) is 5. The van der Waals surface area contributed by atoms with E-state index in [1.807, 2.05) is 0 Å². The van der Waals surface area contributed by atoms with Crippen LogP contribution in [0.5, 0.6) is 5.75 Å². The van der Waals surface area contributed by atoms with Crippen molar-refractivity contribution in [1.82, 2.24) is 5.32 Å². The van der Waals surface area contributed by atoms with Crippen LogP contribution in [0.2, 0.25) is 5.02 Å². The second kappa shape index (κ2) is 10.4. The van der Waals surface area contributed by atoms with Crippen LogP contribution >= 0.6 is 11.6 Å². The van der Waals surface area contributed by atoms with Crippen molar-refractivity contribution >= 4 is 52.8 Å². The lowest BCUT2D eigenvalue weighted by molar-refractivity contribution is -0.122. The molecule has 0 unspecified atom stereocenters. The van der Waals surface area contributed by atoms with Gasteiger partial charge in [0.05, 0.1) is 11.4 Å². The van der Waals surface area contributed by atoms with Gasteiger partial charge in [0.25, 0.3) is 17.7 Å². The number of nitrogens with zero attached hydrogens (tertiary/aromatic N) is 1. The maximum absolute atomic E-state index is 13.8. The second-order valence-corrected chi connectivity index (χ2v) is 8.18. The third-order valence-electron chi connectivity index (χ3n) is 5.24. The van der Waals surface area contributed by atoms with Crippen molar-refractivity contribution in [3.8, 4) is 5.75 Å². The molecule has 36 heavy (non-hydrogen) atoms. The van der Waals surface area contributed by atoms with Crippen LogP contribution in [0.1, 0.15) is 11.1 Å². The Labute approximate surface area is 210 Å². The molecule has 1 heterocycles. The van der Waals surface area contributed by atoms with Gasteiger partial charge < -0.3 is 10.1 Å². The molecular formula is C26H19ClFN3O5. The molecule has 1 aliphatic rings. The lowest BCUT2D eigenvalue weighted by Gasteiger charge is -2.27. The first-order valence-electron chi connectivity index (χ1n) is 10.7. The van der Waals surface area contributed by atoms with Crippen LogP contribution in [0.25, 0.3) is 6.08 Å². The van der Waals surface area contributed by atoms with E-state index in [2.05, 4.69) is 10.6 Å². The number of hydrogen-bond donors (Lipinski definition) is 2. The van der Waals surface area contributed by atoms with E-state index in [1.54, 1.807) is 43.3 Å². The zero-order valence-electron chi connectivity index (χ0n) is 18.9. The van der Waals surface area contributed by atoms with Crippen molar-refractivity contribution in [2.45, 2.75) is 6.92 Å². The Kier molecular flexibility index (Phi) is 7.12. The highest BCUT2D eigenvalue weighted by atomic mass is 35.5. The van der Waals surface area contributed by atoms with Gasteiger partial charge in [-0.3, -0.25) is 19.7 Å². The van der Waals surface area contributed by atoms with Gasteiger partial charge in [0, 0.05) is 10.6 Å². The lowest BCUT2D eigenvalue weighted by Crippen LogP contribution is -2.54. The van der Waals surface area contributed by atoms with E-state index >= 15 is 0 Å². The van der Waals surface area contributed by atoms with Gasteiger partial charge in [-0.1, -0.05) is 48.0 Å². The Bertz CT molecular complexity index is 1420. The summed E-state index contributed by atoms with van der Waals surface area (Å²) in [5.41, 5.74) is 0.832. The van der Waals surface area contributed by atoms with Crippen LogP contribution in [0, 0.1) is 12.7 Å². The first-order valence-corrected chi connectivity index (χ1v) is 11.1. The molecule has 182 valence electrons. The number of urea groups is 1. The minimum Gasteiger partial charge on any atom is -0.483 e. The van der Waals surface area contributed by atoms with Crippen LogP contribution < -0.4 is 20.3 Å². The first-order chi connectivity index (χ1) is 17.2. The Morgan fingerprint density at radius 3 is 2.58 bits per heavy atom. The second-order valence-electron chi connectivity index (χ2n) is 7.74. The summed E-state index contributed by atoms with van der Waals surface area (Å²) in [6.45, 7) is 1.24. The third kappa shape index (κ3) is 5.26. The van der Waals surface area contributed by atoms with Gasteiger partial charge in [0.1, 0.15) is 17.1 Å². The molecule has 1 aliphatic heterocycles. The SMILES string of the molecule is Cc1ccc(Cl)cc1N1C(=O)NC(=O)/C(=C\c2ccccc2OCC(=O)Nc2ccccc2F)C1=O. The van der Waals surface area contributed by atoms with Crippen molar-refractivity contribution in [1.29, 1.82) is 0 Å². The van der Waals surface area contributed by atoms with Crippen molar-refractivity contribution in [2.75, 3.05) is 16.8 Å². The molecule has 0 aromatic heterocycles. The highest BCUT2D eigenvalue weighted by molar-refractivity contribution is 6.39. The van der Waals surface area contributed by atoms with E-state index in [-0.39, 0.29) is 22.7 Å². The Hall–Kier alpha value is -4.50. The minimum absolute atomic E-state index is 0.00652. The highest BCUT2D eigenvalue weighted by Gasteiger charge is 2.37. The molecule has 10 heteroatoms. The summed E-state index contributed by atoms with van der Waals surface area (Å²) in [7, 11) is 0. The predicted molar refractivity (Wildman–Crippen MR) is 132 cm³/mol. The summed E-state index contributed by atoms with van der Waals surface area (Å²) in [5.74, 6) is -2.74. The first kappa shape index (κ1) is 24.6. The summed E-state index contributed by atoms with van der Waals surface area (Å²) < 4.78 is 19.3. The van der Waals surface area contributed by atoms with E-state index in [0.29, 0.717) is 16.1 Å². The predicted octanol–water partition coefficient (Wildman–Crippen LogP) is 4.47. The average Bonchev–Trinajstić information content (AvgIpc) is 2.84. The molecule has 5 amide bonds. The number of halogens is 2. The molecule has 0 aliphatic carbocycles. The van der Waals surface area contributed by atoms with Gasteiger partial charge in [-0.25, -0.2) is 14.1 Å². The number of ether oxygens (including phenoxy) is 1. The number of imide groups is 2. The monoisotopic (exact) mass is 507 g/mol. The van der Waals surface area contributed by atoms with Crippen molar-refractivity contribution < 1.29 is 28.3 Å². The Morgan fingerprint density at radius 1 is 1.08 bits per heavy atom. The topological polar surface area (TPSA) is 105 Å². The van der Waals surface area contributed by atoms with Gasteiger partial charge in [0.2, 0.25) is 0 Å². The molecule has 0 saturated carbocycles. The maximum atomic E-state index is 13.8. The quantitative estimate of drug-likeness (QED) is 0.378. The minimum atomic E-state index is -0.901. The molecule has 4 rings (SSSR count). The molecule has 3 aromatic rings. The molecule has 8 nitrogen and oxygen atoms in total. The van der Waals surface area contributed by atoms with Crippen LogP contribution in [-0.2, 0) is 14.4 Å². The number of nitrogens with one attached hydrogen (secondary N) is 2. The number of carbonyl (C=O) groups excluding carboxylic acids is 4. The van der Waals surface area contributed by atoms with Crippen LogP contribution in [0.15, 0.2) is 72.3 Å². The van der Waals surface area contributed by atoms with Crippen molar-refractivity contribution in [3.05, 3.63) is 94.3 Å². The van der Waals surface area contributed by atoms with E-state index in [1.165, 1.54) is 36.4 Å². The number of carbonyl (C=O) groups is 4. The van der Waals surface area contributed by atoms with Crippen LogP contribution in [0.3, 0.4) is 0 Å². The van der Waals surface area contributed by atoms with Gasteiger partial charge in [-0.05, 0) is 48.9 Å². The van der Waals surface area contributed by atoms with E-state index in [9.17, 15) is 23.6 Å². The van der Waals surface area contributed by atoms with Gasteiger partial charge >= 0.3 is 6.03 Å². The number of rotatable bonds is 6. The fourth-order valence-electron chi connectivity index (χ4n) is 3.48. The van der Waals surface area contributed by atoms with Gasteiger partial charge in [-0.2, -0.15) is 0 Å².